The molecular weight excluding hydrogens is 328 g/mol. The highest BCUT2D eigenvalue weighted by Crippen LogP contribution is 2.31. The number of para-hydroxylation sites is 1. The summed E-state index contributed by atoms with van der Waals surface area (Å²) in [6.07, 6.45) is 0. The highest BCUT2D eigenvalue weighted by Gasteiger charge is 2.15. The fraction of sp³-hybridized carbons (Fsp3) is 0.190. The molecule has 0 saturated heterocycles. The van der Waals surface area contributed by atoms with E-state index in [1.807, 2.05) is 60.7 Å². The van der Waals surface area contributed by atoms with Crippen LogP contribution in [0.1, 0.15) is 5.56 Å². The Morgan fingerprint density at radius 1 is 0.962 bits per heavy atom. The maximum atomic E-state index is 12.7. The molecule has 134 valence electrons. The fourth-order valence-corrected chi connectivity index (χ4v) is 2.95. The van der Waals surface area contributed by atoms with Crippen LogP contribution in [0, 0.1) is 0 Å². The van der Waals surface area contributed by atoms with E-state index in [0.29, 0.717) is 18.0 Å². The summed E-state index contributed by atoms with van der Waals surface area (Å²) >= 11 is 0. The zero-order valence-electron chi connectivity index (χ0n) is 15.2. The first-order chi connectivity index (χ1) is 12.6. The molecule has 1 N–H and O–H groups in total. The lowest BCUT2D eigenvalue weighted by atomic mass is 10.1. The van der Waals surface area contributed by atoms with Gasteiger partial charge in [0.25, 0.3) is 0 Å². The number of anilines is 1. The molecule has 0 bridgehead atoms. The Hall–Kier alpha value is -3.21. The van der Waals surface area contributed by atoms with Crippen molar-refractivity contribution in [1.29, 1.82) is 0 Å². The number of carbonyl (C=O) groups is 1. The largest absolute Gasteiger partial charge is 0.493 e. The Balaban J connectivity index is 1.78. The van der Waals surface area contributed by atoms with E-state index in [-0.39, 0.29) is 6.03 Å². The Morgan fingerprint density at radius 3 is 2.46 bits per heavy atom. The number of benzene rings is 3. The Bertz CT molecular complexity index is 919. The number of amides is 2. The van der Waals surface area contributed by atoms with E-state index in [9.17, 15) is 4.79 Å². The molecule has 0 aliphatic carbocycles. The molecule has 3 rings (SSSR count). The molecule has 5 heteroatoms. The van der Waals surface area contributed by atoms with Gasteiger partial charge in [-0.05, 0) is 17.5 Å². The minimum Gasteiger partial charge on any atom is -0.493 e. The molecular formula is C21H22N2O3. The van der Waals surface area contributed by atoms with Crippen LogP contribution in [0.4, 0.5) is 10.5 Å². The fourth-order valence-electron chi connectivity index (χ4n) is 2.95. The molecule has 2 amide bonds. The molecule has 26 heavy (non-hydrogen) atoms. The maximum absolute atomic E-state index is 12.7. The molecule has 0 atom stereocenters. The molecule has 0 spiro atoms. The third-order valence-electron chi connectivity index (χ3n) is 4.27. The van der Waals surface area contributed by atoms with E-state index in [1.54, 1.807) is 26.2 Å². The first-order valence-corrected chi connectivity index (χ1v) is 8.33. The number of nitrogens with zero attached hydrogens (tertiary/aromatic N) is 1. The van der Waals surface area contributed by atoms with Crippen LogP contribution in [-0.2, 0) is 6.54 Å². The van der Waals surface area contributed by atoms with Crippen molar-refractivity contribution in [2.75, 3.05) is 26.6 Å². The number of hydrogen-bond acceptors (Lipinski definition) is 3. The molecule has 0 aromatic heterocycles. The normalized spacial score (nSPS) is 10.4. The van der Waals surface area contributed by atoms with E-state index in [4.69, 9.17) is 9.47 Å². The number of fused-ring (bicyclic) bond motifs is 1. The minimum atomic E-state index is -0.189. The lowest BCUT2D eigenvalue weighted by Crippen LogP contribution is -2.31. The minimum absolute atomic E-state index is 0.189. The molecule has 0 saturated carbocycles. The first-order valence-electron chi connectivity index (χ1n) is 8.33. The topological polar surface area (TPSA) is 50.8 Å². The van der Waals surface area contributed by atoms with Gasteiger partial charge in [-0.25, -0.2) is 4.79 Å². The van der Waals surface area contributed by atoms with Crippen molar-refractivity contribution in [3.05, 3.63) is 66.2 Å². The van der Waals surface area contributed by atoms with Gasteiger partial charge in [-0.3, -0.25) is 0 Å². The van der Waals surface area contributed by atoms with Gasteiger partial charge in [0.15, 0.2) is 11.5 Å². The summed E-state index contributed by atoms with van der Waals surface area (Å²) in [5.74, 6) is 1.28. The average molecular weight is 350 g/mol. The Labute approximate surface area is 153 Å². The van der Waals surface area contributed by atoms with E-state index >= 15 is 0 Å². The van der Waals surface area contributed by atoms with Crippen molar-refractivity contribution in [3.63, 3.8) is 0 Å². The van der Waals surface area contributed by atoms with E-state index in [1.165, 1.54) is 0 Å². The molecule has 0 fully saturated rings. The van der Waals surface area contributed by atoms with Gasteiger partial charge in [-0.2, -0.15) is 0 Å². The van der Waals surface area contributed by atoms with E-state index < -0.39 is 0 Å². The van der Waals surface area contributed by atoms with E-state index in [2.05, 4.69) is 5.32 Å². The standard InChI is InChI=1S/C21H22N2O3/c1-23(14-16-10-7-13-19(25-2)20(16)26-3)21(24)22-18-12-6-9-15-8-4-5-11-17(15)18/h4-13H,14H2,1-3H3,(H,22,24). The van der Waals surface area contributed by atoms with Crippen molar-refractivity contribution in [3.8, 4) is 11.5 Å². The highest BCUT2D eigenvalue weighted by atomic mass is 16.5. The number of methoxy groups -OCH3 is 2. The summed E-state index contributed by atoms with van der Waals surface area (Å²) in [6, 6.07) is 19.3. The summed E-state index contributed by atoms with van der Waals surface area (Å²) in [4.78, 5) is 14.3. The van der Waals surface area contributed by atoms with Crippen LogP contribution in [-0.4, -0.2) is 32.2 Å². The molecule has 3 aromatic carbocycles. The van der Waals surface area contributed by atoms with Gasteiger partial charge in [0.05, 0.1) is 26.5 Å². The Morgan fingerprint density at radius 2 is 1.69 bits per heavy atom. The van der Waals surface area contributed by atoms with E-state index in [0.717, 1.165) is 22.0 Å². The van der Waals surface area contributed by atoms with Crippen molar-refractivity contribution in [2.24, 2.45) is 0 Å². The summed E-state index contributed by atoms with van der Waals surface area (Å²) in [6.45, 7) is 0.400. The van der Waals surface area contributed by atoms with Crippen LogP contribution in [0.25, 0.3) is 10.8 Å². The number of ether oxygens (including phenoxy) is 2. The lowest BCUT2D eigenvalue weighted by molar-refractivity contribution is 0.220. The lowest BCUT2D eigenvalue weighted by Gasteiger charge is -2.21. The number of nitrogens with one attached hydrogen (secondary N) is 1. The van der Waals surface area contributed by atoms with Crippen LogP contribution in [0.2, 0.25) is 0 Å². The van der Waals surface area contributed by atoms with Crippen LogP contribution >= 0.6 is 0 Å². The van der Waals surface area contributed by atoms with Crippen LogP contribution < -0.4 is 14.8 Å². The second-order valence-electron chi connectivity index (χ2n) is 5.97. The smallest absolute Gasteiger partial charge is 0.321 e. The third-order valence-corrected chi connectivity index (χ3v) is 4.27. The molecule has 0 radical (unpaired) electrons. The highest BCUT2D eigenvalue weighted by molar-refractivity contribution is 6.01. The maximum Gasteiger partial charge on any atom is 0.321 e. The monoisotopic (exact) mass is 350 g/mol. The van der Waals surface area contributed by atoms with Gasteiger partial charge in [0, 0.05) is 18.0 Å². The number of hydrogen-bond donors (Lipinski definition) is 1. The number of rotatable bonds is 5. The molecule has 3 aromatic rings. The number of carbonyl (C=O) groups excluding carboxylic acids is 1. The molecule has 0 aliphatic rings. The van der Waals surface area contributed by atoms with Crippen molar-refractivity contribution in [1.82, 2.24) is 4.90 Å². The summed E-state index contributed by atoms with van der Waals surface area (Å²) < 4.78 is 10.8. The summed E-state index contributed by atoms with van der Waals surface area (Å²) in [5, 5.41) is 5.08. The van der Waals surface area contributed by atoms with Crippen LogP contribution in [0.5, 0.6) is 11.5 Å². The van der Waals surface area contributed by atoms with Gasteiger partial charge >= 0.3 is 6.03 Å². The molecule has 5 nitrogen and oxygen atoms in total. The summed E-state index contributed by atoms with van der Waals surface area (Å²) in [5.41, 5.74) is 1.67. The molecule has 0 aliphatic heterocycles. The van der Waals surface area contributed by atoms with Gasteiger partial charge in [-0.15, -0.1) is 0 Å². The second-order valence-corrected chi connectivity index (χ2v) is 5.97. The predicted octanol–water partition coefficient (Wildman–Crippen LogP) is 4.52. The summed E-state index contributed by atoms with van der Waals surface area (Å²) in [7, 11) is 4.94. The van der Waals surface area contributed by atoms with Crippen LogP contribution in [0.15, 0.2) is 60.7 Å². The van der Waals surface area contributed by atoms with Crippen LogP contribution in [0.3, 0.4) is 0 Å². The van der Waals surface area contributed by atoms with Crippen molar-refractivity contribution < 1.29 is 14.3 Å². The SMILES string of the molecule is COc1cccc(CN(C)C(=O)Nc2cccc3ccccc23)c1OC. The van der Waals surface area contributed by atoms with Crippen molar-refractivity contribution >= 4 is 22.5 Å². The van der Waals surface area contributed by atoms with Gasteiger partial charge in [0.2, 0.25) is 0 Å². The quantitative estimate of drug-likeness (QED) is 0.736. The zero-order valence-corrected chi connectivity index (χ0v) is 15.2. The molecule has 0 heterocycles. The van der Waals surface area contributed by atoms with Gasteiger partial charge in [-0.1, -0.05) is 48.5 Å². The predicted molar refractivity (Wildman–Crippen MR) is 104 cm³/mol. The van der Waals surface area contributed by atoms with Gasteiger partial charge in [0.1, 0.15) is 0 Å². The Kier molecular flexibility index (Phi) is 5.27. The first kappa shape index (κ1) is 17.6. The third kappa shape index (κ3) is 3.57. The van der Waals surface area contributed by atoms with Crippen molar-refractivity contribution in [2.45, 2.75) is 6.54 Å². The number of urea groups is 1. The zero-order chi connectivity index (χ0) is 18.5. The average Bonchev–Trinajstić information content (AvgIpc) is 2.67. The second kappa shape index (κ2) is 7.78. The molecule has 0 unspecified atom stereocenters. The van der Waals surface area contributed by atoms with Gasteiger partial charge < -0.3 is 19.7 Å².